The molecule has 0 saturated heterocycles. The van der Waals surface area contributed by atoms with Gasteiger partial charge in [0.25, 0.3) is 0 Å². The van der Waals surface area contributed by atoms with Crippen molar-refractivity contribution < 1.29 is 18.3 Å². The highest BCUT2D eigenvalue weighted by Gasteiger charge is 2.30. The molecule has 5 heteroatoms. The molecular weight excluding hydrogens is 225 g/mol. The molecule has 2 aromatic rings. The summed E-state index contributed by atoms with van der Waals surface area (Å²) in [5, 5.41) is 0. The number of methoxy groups -OCH3 is 1. The summed E-state index contributed by atoms with van der Waals surface area (Å²) < 4.78 is 23.4. The van der Waals surface area contributed by atoms with Gasteiger partial charge < -0.3 is 9.15 Å². The number of hydrogen-bond donors (Lipinski definition) is 0. The van der Waals surface area contributed by atoms with Crippen LogP contribution in [-0.4, -0.2) is 18.1 Å². The average Bonchev–Trinajstić information content (AvgIpc) is 3.08. The third-order valence-corrected chi connectivity index (χ3v) is 2.81. The summed E-state index contributed by atoms with van der Waals surface area (Å²) in [6, 6.07) is 2.36. The molecule has 4 nitrogen and oxygen atoms in total. The van der Waals surface area contributed by atoms with Crippen LogP contribution in [0.1, 0.15) is 35.0 Å². The van der Waals surface area contributed by atoms with Crippen LogP contribution in [0.5, 0.6) is 0 Å². The minimum Gasteiger partial charge on any atom is -0.465 e. The second-order valence-corrected chi connectivity index (χ2v) is 4.12. The van der Waals surface area contributed by atoms with Crippen LogP contribution in [0.25, 0.3) is 11.1 Å². The third-order valence-electron chi connectivity index (χ3n) is 2.81. The molecule has 0 aliphatic heterocycles. The van der Waals surface area contributed by atoms with Gasteiger partial charge in [0.2, 0.25) is 0 Å². The van der Waals surface area contributed by atoms with E-state index in [1.54, 1.807) is 0 Å². The Morgan fingerprint density at radius 2 is 2.29 bits per heavy atom. The van der Waals surface area contributed by atoms with Crippen LogP contribution < -0.4 is 0 Å². The number of fused-ring (bicyclic) bond motifs is 1. The topological polar surface area (TPSA) is 52.3 Å². The number of carbonyl (C=O) groups is 1. The molecular formula is C12H10FNO3. The highest BCUT2D eigenvalue weighted by Crippen LogP contribution is 2.41. The standard InChI is InChI=1S/C12H10FNO3/c1-16-12(15)8-4-7(13)5-9-10(8)14-11(17-9)6-2-3-6/h4-6H,2-3H2,1H3. The van der Waals surface area contributed by atoms with Crippen molar-refractivity contribution >= 4 is 17.1 Å². The van der Waals surface area contributed by atoms with E-state index >= 15 is 0 Å². The minimum atomic E-state index is -0.606. The predicted octanol–water partition coefficient (Wildman–Crippen LogP) is 2.63. The molecule has 17 heavy (non-hydrogen) atoms. The zero-order valence-corrected chi connectivity index (χ0v) is 9.20. The fourth-order valence-corrected chi connectivity index (χ4v) is 1.78. The number of ether oxygens (including phenoxy) is 1. The first-order valence-electron chi connectivity index (χ1n) is 5.37. The number of aromatic nitrogens is 1. The summed E-state index contributed by atoms with van der Waals surface area (Å²) in [7, 11) is 1.25. The largest absolute Gasteiger partial charge is 0.465 e. The zero-order valence-electron chi connectivity index (χ0n) is 9.20. The van der Waals surface area contributed by atoms with Crippen LogP contribution in [0.4, 0.5) is 4.39 Å². The van der Waals surface area contributed by atoms with E-state index in [0.717, 1.165) is 18.9 Å². The Bertz CT molecular complexity index is 601. The van der Waals surface area contributed by atoms with Crippen molar-refractivity contribution in [1.82, 2.24) is 4.98 Å². The highest BCUT2D eigenvalue weighted by atomic mass is 19.1. The average molecular weight is 235 g/mol. The molecule has 0 unspecified atom stereocenters. The van der Waals surface area contributed by atoms with Crippen LogP contribution in [0.2, 0.25) is 0 Å². The SMILES string of the molecule is COC(=O)c1cc(F)cc2oc(C3CC3)nc12. The smallest absolute Gasteiger partial charge is 0.340 e. The molecule has 1 aliphatic carbocycles. The molecule has 0 atom stereocenters. The second-order valence-electron chi connectivity index (χ2n) is 4.12. The molecule has 3 rings (SSSR count). The quantitative estimate of drug-likeness (QED) is 0.751. The van der Waals surface area contributed by atoms with E-state index in [1.807, 2.05) is 0 Å². The Hall–Kier alpha value is -1.91. The first kappa shape index (κ1) is 10.3. The van der Waals surface area contributed by atoms with Gasteiger partial charge in [-0.2, -0.15) is 0 Å². The lowest BCUT2D eigenvalue weighted by Gasteiger charge is -1.99. The van der Waals surface area contributed by atoms with Gasteiger partial charge >= 0.3 is 5.97 Å². The monoisotopic (exact) mass is 235 g/mol. The fraction of sp³-hybridized carbons (Fsp3) is 0.333. The lowest BCUT2D eigenvalue weighted by Crippen LogP contribution is -2.02. The van der Waals surface area contributed by atoms with Crippen molar-refractivity contribution in [2.24, 2.45) is 0 Å². The Labute approximate surface area is 96.4 Å². The van der Waals surface area contributed by atoms with E-state index in [0.29, 0.717) is 22.9 Å². The molecule has 1 aromatic heterocycles. The summed E-state index contributed by atoms with van der Waals surface area (Å²) in [6.45, 7) is 0. The van der Waals surface area contributed by atoms with Gasteiger partial charge in [-0.15, -0.1) is 0 Å². The Morgan fingerprint density at radius 3 is 2.94 bits per heavy atom. The first-order valence-corrected chi connectivity index (χ1v) is 5.37. The second kappa shape index (κ2) is 3.55. The highest BCUT2D eigenvalue weighted by molar-refractivity contribution is 6.01. The Balaban J connectivity index is 2.21. The van der Waals surface area contributed by atoms with Gasteiger partial charge in [0, 0.05) is 12.0 Å². The Morgan fingerprint density at radius 1 is 1.53 bits per heavy atom. The van der Waals surface area contributed by atoms with E-state index in [-0.39, 0.29) is 5.56 Å². The van der Waals surface area contributed by atoms with Crippen LogP contribution >= 0.6 is 0 Å². The summed E-state index contributed by atoms with van der Waals surface area (Å²) in [5.41, 5.74) is 0.783. The van der Waals surface area contributed by atoms with Crippen molar-refractivity contribution in [3.8, 4) is 0 Å². The zero-order chi connectivity index (χ0) is 12.0. The molecule has 1 heterocycles. The molecule has 0 spiro atoms. The van der Waals surface area contributed by atoms with E-state index in [4.69, 9.17) is 4.42 Å². The van der Waals surface area contributed by atoms with Gasteiger partial charge in [0.1, 0.15) is 11.3 Å². The van der Waals surface area contributed by atoms with Gasteiger partial charge in [0.05, 0.1) is 12.7 Å². The van der Waals surface area contributed by atoms with Crippen molar-refractivity contribution in [3.63, 3.8) is 0 Å². The minimum absolute atomic E-state index is 0.109. The maximum Gasteiger partial charge on any atom is 0.340 e. The molecule has 0 bridgehead atoms. The maximum absolute atomic E-state index is 13.3. The number of esters is 1. The Kier molecular flexibility index (Phi) is 2.14. The van der Waals surface area contributed by atoms with Crippen LogP contribution in [0, 0.1) is 5.82 Å². The van der Waals surface area contributed by atoms with E-state index < -0.39 is 11.8 Å². The lowest BCUT2D eigenvalue weighted by molar-refractivity contribution is 0.0602. The van der Waals surface area contributed by atoms with Crippen molar-refractivity contribution in [2.75, 3.05) is 7.11 Å². The number of carbonyl (C=O) groups excluding carboxylic acids is 1. The van der Waals surface area contributed by atoms with Crippen molar-refractivity contribution in [3.05, 3.63) is 29.4 Å². The van der Waals surface area contributed by atoms with E-state index in [9.17, 15) is 9.18 Å². The molecule has 1 saturated carbocycles. The third kappa shape index (κ3) is 1.67. The summed E-state index contributed by atoms with van der Waals surface area (Å²) in [6.07, 6.45) is 2.06. The number of oxazole rings is 1. The van der Waals surface area contributed by atoms with E-state index in [2.05, 4.69) is 9.72 Å². The van der Waals surface area contributed by atoms with E-state index in [1.165, 1.54) is 13.2 Å². The predicted molar refractivity (Wildman–Crippen MR) is 57.3 cm³/mol. The number of hydrogen-bond acceptors (Lipinski definition) is 4. The van der Waals surface area contributed by atoms with Gasteiger partial charge in [-0.3, -0.25) is 0 Å². The maximum atomic E-state index is 13.3. The fourth-order valence-electron chi connectivity index (χ4n) is 1.78. The van der Waals surface area contributed by atoms with Crippen LogP contribution in [-0.2, 0) is 4.74 Å². The van der Waals surface area contributed by atoms with Crippen LogP contribution in [0.3, 0.4) is 0 Å². The van der Waals surface area contributed by atoms with Gasteiger partial charge in [-0.1, -0.05) is 0 Å². The van der Waals surface area contributed by atoms with Crippen molar-refractivity contribution in [2.45, 2.75) is 18.8 Å². The molecule has 1 aliphatic rings. The molecule has 1 aromatic carbocycles. The van der Waals surface area contributed by atoms with Crippen LogP contribution in [0.15, 0.2) is 16.5 Å². The number of nitrogens with zero attached hydrogens (tertiary/aromatic N) is 1. The summed E-state index contributed by atoms with van der Waals surface area (Å²) >= 11 is 0. The number of benzene rings is 1. The number of rotatable bonds is 2. The van der Waals surface area contributed by atoms with Gasteiger partial charge in [-0.05, 0) is 18.9 Å². The summed E-state index contributed by atoms with van der Waals surface area (Å²) in [5.74, 6) is -0.242. The molecule has 1 fully saturated rings. The molecule has 0 amide bonds. The first-order chi connectivity index (χ1) is 8.19. The van der Waals surface area contributed by atoms with Crippen molar-refractivity contribution in [1.29, 1.82) is 0 Å². The normalized spacial score (nSPS) is 15.2. The summed E-state index contributed by atoms with van der Waals surface area (Å²) in [4.78, 5) is 15.8. The molecule has 88 valence electrons. The number of halogens is 1. The van der Waals surface area contributed by atoms with Gasteiger partial charge in [-0.25, -0.2) is 14.2 Å². The van der Waals surface area contributed by atoms with Gasteiger partial charge in [0.15, 0.2) is 11.5 Å². The lowest BCUT2D eigenvalue weighted by atomic mass is 10.2. The molecule has 0 N–H and O–H groups in total. The molecule has 0 radical (unpaired) electrons.